The maximum Gasteiger partial charge on any atom is 0.191 e. The van der Waals surface area contributed by atoms with Crippen LogP contribution < -0.4 is 10.6 Å². The fourth-order valence-corrected chi connectivity index (χ4v) is 3.99. The summed E-state index contributed by atoms with van der Waals surface area (Å²) in [6.45, 7) is 7.84. The van der Waals surface area contributed by atoms with Crippen molar-refractivity contribution < 1.29 is 0 Å². The molecule has 0 spiro atoms. The van der Waals surface area contributed by atoms with E-state index in [2.05, 4.69) is 56.9 Å². The molecule has 0 saturated carbocycles. The van der Waals surface area contributed by atoms with Crippen molar-refractivity contribution in [3.05, 3.63) is 65.6 Å². The zero-order valence-corrected chi connectivity index (χ0v) is 18.4. The van der Waals surface area contributed by atoms with Crippen molar-refractivity contribution in [3.63, 3.8) is 0 Å². The Kier molecular flexibility index (Phi) is 7.50. The summed E-state index contributed by atoms with van der Waals surface area (Å²) in [5, 5.41) is 15.2. The summed E-state index contributed by atoms with van der Waals surface area (Å²) in [6, 6.07) is 14.8. The maximum absolute atomic E-state index is 4.75. The monoisotopic (exact) mass is 419 g/mol. The Balaban J connectivity index is 1.28. The van der Waals surface area contributed by atoms with Crippen LogP contribution in [-0.2, 0) is 19.5 Å². The van der Waals surface area contributed by atoms with Gasteiger partial charge in [-0.15, -0.1) is 10.2 Å². The molecular weight excluding hydrogens is 386 g/mol. The zero-order valence-electron chi connectivity index (χ0n) is 18.4. The van der Waals surface area contributed by atoms with Crippen LogP contribution >= 0.6 is 0 Å². The summed E-state index contributed by atoms with van der Waals surface area (Å²) in [7, 11) is 0. The molecule has 0 unspecified atom stereocenters. The van der Waals surface area contributed by atoms with E-state index in [0.29, 0.717) is 6.54 Å². The smallest absolute Gasteiger partial charge is 0.191 e. The van der Waals surface area contributed by atoms with Crippen molar-refractivity contribution in [2.75, 3.05) is 26.2 Å². The Bertz CT molecular complexity index is 971. The summed E-state index contributed by atoms with van der Waals surface area (Å²) in [4.78, 5) is 7.31. The minimum Gasteiger partial charge on any atom is -0.357 e. The average molecular weight is 420 g/mol. The highest BCUT2D eigenvalue weighted by Crippen LogP contribution is 2.14. The molecule has 31 heavy (non-hydrogen) atoms. The van der Waals surface area contributed by atoms with Gasteiger partial charge in [0, 0.05) is 32.3 Å². The molecule has 1 aliphatic heterocycles. The van der Waals surface area contributed by atoms with Gasteiger partial charge in [0.05, 0.1) is 6.54 Å². The van der Waals surface area contributed by atoms with Gasteiger partial charge in [0.1, 0.15) is 5.82 Å². The molecule has 4 rings (SSSR count). The van der Waals surface area contributed by atoms with Crippen LogP contribution in [0.15, 0.2) is 53.7 Å². The Morgan fingerprint density at radius 3 is 2.58 bits per heavy atom. The lowest BCUT2D eigenvalue weighted by molar-refractivity contribution is 0.221. The third kappa shape index (κ3) is 6.04. The van der Waals surface area contributed by atoms with Gasteiger partial charge in [-0.3, -0.25) is 9.30 Å². The molecule has 3 heterocycles. The fraction of sp³-hybridized carbons (Fsp3) is 0.458. The van der Waals surface area contributed by atoms with E-state index in [0.717, 1.165) is 43.5 Å². The molecule has 1 aromatic carbocycles. The number of piperidine rings is 1. The van der Waals surface area contributed by atoms with Gasteiger partial charge in [0.15, 0.2) is 11.6 Å². The van der Waals surface area contributed by atoms with Gasteiger partial charge in [-0.2, -0.15) is 0 Å². The van der Waals surface area contributed by atoms with Crippen molar-refractivity contribution in [2.24, 2.45) is 4.99 Å². The van der Waals surface area contributed by atoms with Gasteiger partial charge in [0.25, 0.3) is 0 Å². The van der Waals surface area contributed by atoms with Gasteiger partial charge in [-0.1, -0.05) is 36.8 Å². The van der Waals surface area contributed by atoms with E-state index in [1.807, 2.05) is 28.8 Å². The second-order valence-corrected chi connectivity index (χ2v) is 8.07. The second kappa shape index (κ2) is 10.9. The first-order chi connectivity index (χ1) is 15.3. The number of hydrogen-bond acceptors (Lipinski definition) is 4. The van der Waals surface area contributed by atoms with Gasteiger partial charge in [-0.25, -0.2) is 4.99 Å². The van der Waals surface area contributed by atoms with E-state index < -0.39 is 0 Å². The summed E-state index contributed by atoms with van der Waals surface area (Å²) in [5.41, 5.74) is 3.49. The van der Waals surface area contributed by atoms with E-state index in [1.165, 1.54) is 43.5 Å². The normalized spacial score (nSPS) is 15.3. The molecule has 164 valence electrons. The summed E-state index contributed by atoms with van der Waals surface area (Å²) in [5.74, 6) is 1.77. The van der Waals surface area contributed by atoms with Crippen molar-refractivity contribution in [1.29, 1.82) is 0 Å². The van der Waals surface area contributed by atoms with Gasteiger partial charge in [-0.05, 0) is 56.1 Å². The lowest BCUT2D eigenvalue weighted by Crippen LogP contribution is -2.38. The quantitative estimate of drug-likeness (QED) is 0.434. The minimum atomic E-state index is 0.660. The molecule has 0 radical (unpaired) electrons. The molecule has 1 saturated heterocycles. The molecule has 1 fully saturated rings. The predicted molar refractivity (Wildman–Crippen MR) is 125 cm³/mol. The number of nitrogens with zero attached hydrogens (tertiary/aromatic N) is 5. The van der Waals surface area contributed by atoms with Crippen molar-refractivity contribution in [1.82, 2.24) is 30.1 Å². The topological polar surface area (TPSA) is 69.8 Å². The average Bonchev–Trinajstić information content (AvgIpc) is 3.22. The molecule has 1 aliphatic rings. The third-order valence-electron chi connectivity index (χ3n) is 5.67. The minimum absolute atomic E-state index is 0.660. The van der Waals surface area contributed by atoms with Crippen molar-refractivity contribution >= 4 is 11.6 Å². The molecule has 0 atom stereocenters. The molecule has 0 amide bonds. The Labute approximate surface area is 184 Å². The fourth-order valence-electron chi connectivity index (χ4n) is 3.99. The standard InChI is InChI=1S/C24H33N7/c1-2-25-24(26-14-13-23-29-28-22-8-4-7-17-31(22)23)27-18-20-9-11-21(12-10-20)19-30-15-5-3-6-16-30/h4,7-12,17H,2-3,5-6,13-16,18-19H2,1H3,(H2,25,26,27). The van der Waals surface area contributed by atoms with Crippen LogP contribution in [0.25, 0.3) is 5.65 Å². The Morgan fingerprint density at radius 2 is 1.77 bits per heavy atom. The number of rotatable bonds is 8. The van der Waals surface area contributed by atoms with Crippen LogP contribution in [0.3, 0.4) is 0 Å². The highest BCUT2D eigenvalue weighted by atomic mass is 15.2. The van der Waals surface area contributed by atoms with E-state index in [9.17, 15) is 0 Å². The Morgan fingerprint density at radius 1 is 0.968 bits per heavy atom. The van der Waals surface area contributed by atoms with Crippen LogP contribution in [0.5, 0.6) is 0 Å². The SMILES string of the molecule is CCNC(=NCc1ccc(CN2CCCCC2)cc1)NCCc1nnc2ccccn12. The maximum atomic E-state index is 4.75. The highest BCUT2D eigenvalue weighted by molar-refractivity contribution is 5.79. The molecule has 0 bridgehead atoms. The Hall–Kier alpha value is -2.93. The number of benzene rings is 1. The van der Waals surface area contributed by atoms with E-state index in [-0.39, 0.29) is 0 Å². The predicted octanol–water partition coefficient (Wildman–Crippen LogP) is 3.01. The largest absolute Gasteiger partial charge is 0.357 e. The first-order valence-corrected chi connectivity index (χ1v) is 11.4. The summed E-state index contributed by atoms with van der Waals surface area (Å²) < 4.78 is 2.02. The van der Waals surface area contributed by atoms with Gasteiger partial charge < -0.3 is 10.6 Å². The van der Waals surface area contributed by atoms with E-state index in [1.54, 1.807) is 0 Å². The summed E-state index contributed by atoms with van der Waals surface area (Å²) in [6.07, 6.45) is 6.82. The van der Waals surface area contributed by atoms with Crippen LogP contribution in [0.4, 0.5) is 0 Å². The number of aromatic nitrogens is 3. The van der Waals surface area contributed by atoms with E-state index in [4.69, 9.17) is 4.99 Å². The lowest BCUT2D eigenvalue weighted by atomic mass is 10.1. The summed E-state index contributed by atoms with van der Waals surface area (Å²) >= 11 is 0. The second-order valence-electron chi connectivity index (χ2n) is 8.07. The number of pyridine rings is 1. The van der Waals surface area contributed by atoms with Gasteiger partial charge in [0.2, 0.25) is 0 Å². The number of likely N-dealkylation sites (tertiary alicyclic amines) is 1. The number of aliphatic imine (C=N–C) groups is 1. The van der Waals surface area contributed by atoms with Crippen LogP contribution in [0.2, 0.25) is 0 Å². The van der Waals surface area contributed by atoms with Crippen LogP contribution in [-0.4, -0.2) is 51.6 Å². The molecular formula is C24H33N7. The number of hydrogen-bond donors (Lipinski definition) is 2. The van der Waals surface area contributed by atoms with Crippen LogP contribution in [0.1, 0.15) is 43.1 Å². The highest BCUT2D eigenvalue weighted by Gasteiger charge is 2.10. The number of guanidine groups is 1. The first kappa shape index (κ1) is 21.3. The molecule has 2 N–H and O–H groups in total. The van der Waals surface area contributed by atoms with Crippen molar-refractivity contribution in [2.45, 2.75) is 45.7 Å². The first-order valence-electron chi connectivity index (χ1n) is 11.4. The molecule has 0 aliphatic carbocycles. The molecule has 7 nitrogen and oxygen atoms in total. The van der Waals surface area contributed by atoms with Crippen LogP contribution in [0, 0.1) is 0 Å². The van der Waals surface area contributed by atoms with Gasteiger partial charge >= 0.3 is 0 Å². The third-order valence-corrected chi connectivity index (χ3v) is 5.67. The number of fused-ring (bicyclic) bond motifs is 1. The zero-order chi connectivity index (χ0) is 21.3. The molecule has 2 aromatic heterocycles. The number of nitrogens with one attached hydrogen (secondary N) is 2. The molecule has 7 heteroatoms. The van der Waals surface area contributed by atoms with E-state index >= 15 is 0 Å². The molecule has 3 aromatic rings. The van der Waals surface area contributed by atoms with Crippen molar-refractivity contribution in [3.8, 4) is 0 Å². The lowest BCUT2D eigenvalue weighted by Gasteiger charge is -2.26.